The maximum Gasteiger partial charge on any atom is 0.416 e. The van der Waals surface area contributed by atoms with Gasteiger partial charge in [-0.15, -0.1) is 0 Å². The van der Waals surface area contributed by atoms with E-state index in [4.69, 9.17) is 0 Å². The van der Waals surface area contributed by atoms with Crippen LogP contribution in [0.3, 0.4) is 0 Å². The van der Waals surface area contributed by atoms with Crippen LogP contribution in [0.25, 0.3) is 0 Å². The van der Waals surface area contributed by atoms with E-state index < -0.39 is 21.6 Å². The third kappa shape index (κ3) is 6.02. The summed E-state index contributed by atoms with van der Waals surface area (Å²) in [5.41, 5.74) is 1.67. The van der Waals surface area contributed by atoms with Crippen LogP contribution in [0.5, 0.6) is 0 Å². The quantitative estimate of drug-likeness (QED) is 0.469. The SMILES string of the molecule is CCS(=O)(=O)c1ccc(CNC(=O)c2ccc(N3CC(c4ccc(C(F)(F)F)cc4)CC3=O)cc2)cc1. The Morgan fingerprint density at radius 2 is 1.59 bits per heavy atom. The number of amides is 2. The van der Waals surface area contributed by atoms with Crippen LogP contribution >= 0.6 is 0 Å². The van der Waals surface area contributed by atoms with Crippen LogP contribution in [-0.2, 0) is 27.4 Å². The minimum atomic E-state index is -4.41. The lowest BCUT2D eigenvalue weighted by Crippen LogP contribution is -2.25. The standard InChI is InChI=1S/C27H25F3N2O4S/c1-2-37(35,36)24-13-3-18(4-14-24)16-31-26(34)20-7-11-23(12-8-20)32-17-21(15-25(32)33)19-5-9-22(10-6-19)27(28,29)30/h3-14,21H,2,15-17H2,1H3,(H,31,34). The van der Waals surface area contributed by atoms with Gasteiger partial charge in [-0.1, -0.05) is 31.2 Å². The van der Waals surface area contributed by atoms with Crippen molar-refractivity contribution < 1.29 is 31.2 Å². The summed E-state index contributed by atoms with van der Waals surface area (Å²) in [6.45, 7) is 2.12. The molecule has 0 aromatic heterocycles. The Hall–Kier alpha value is -3.66. The summed E-state index contributed by atoms with van der Waals surface area (Å²) in [6, 6.07) is 17.7. The number of hydrogen-bond donors (Lipinski definition) is 1. The number of benzene rings is 3. The van der Waals surface area contributed by atoms with Gasteiger partial charge in [-0.25, -0.2) is 8.42 Å². The summed E-state index contributed by atoms with van der Waals surface area (Å²) < 4.78 is 62.3. The van der Waals surface area contributed by atoms with E-state index in [2.05, 4.69) is 5.32 Å². The van der Waals surface area contributed by atoms with Gasteiger partial charge in [-0.05, 0) is 59.7 Å². The van der Waals surface area contributed by atoms with Gasteiger partial charge in [0.15, 0.2) is 9.84 Å². The van der Waals surface area contributed by atoms with Crippen LogP contribution in [0.15, 0.2) is 77.7 Å². The molecule has 1 fully saturated rings. The van der Waals surface area contributed by atoms with Gasteiger partial charge in [0.25, 0.3) is 5.91 Å². The molecule has 0 bridgehead atoms. The van der Waals surface area contributed by atoms with Gasteiger partial charge in [-0.3, -0.25) is 9.59 Å². The molecule has 2 amide bonds. The fraction of sp³-hybridized carbons (Fsp3) is 0.259. The molecule has 0 saturated carbocycles. The molecule has 10 heteroatoms. The van der Waals surface area contributed by atoms with Crippen LogP contribution in [0.4, 0.5) is 18.9 Å². The lowest BCUT2D eigenvalue weighted by molar-refractivity contribution is -0.137. The van der Waals surface area contributed by atoms with Gasteiger partial charge in [0, 0.05) is 36.7 Å². The molecule has 1 N–H and O–H groups in total. The molecular formula is C27H25F3N2O4S. The van der Waals surface area contributed by atoms with Crippen LogP contribution in [-0.4, -0.2) is 32.5 Å². The number of alkyl halides is 3. The Balaban J connectivity index is 1.36. The molecule has 0 aliphatic carbocycles. The van der Waals surface area contributed by atoms with Gasteiger partial charge in [-0.2, -0.15) is 13.2 Å². The van der Waals surface area contributed by atoms with Crippen molar-refractivity contribution in [3.63, 3.8) is 0 Å². The van der Waals surface area contributed by atoms with Gasteiger partial charge in [0.05, 0.1) is 16.2 Å². The lowest BCUT2D eigenvalue weighted by Gasteiger charge is -2.17. The summed E-state index contributed by atoms with van der Waals surface area (Å²) in [5, 5.41) is 2.78. The van der Waals surface area contributed by atoms with E-state index in [1.807, 2.05) is 0 Å². The van der Waals surface area contributed by atoms with Crippen molar-refractivity contribution in [3.8, 4) is 0 Å². The van der Waals surface area contributed by atoms with E-state index in [1.165, 1.54) is 24.3 Å². The van der Waals surface area contributed by atoms with Gasteiger partial charge < -0.3 is 10.2 Å². The maximum absolute atomic E-state index is 12.8. The highest BCUT2D eigenvalue weighted by molar-refractivity contribution is 7.91. The first-order valence-electron chi connectivity index (χ1n) is 11.7. The molecule has 0 radical (unpaired) electrons. The van der Waals surface area contributed by atoms with Crippen molar-refractivity contribution in [1.82, 2.24) is 5.32 Å². The molecule has 3 aromatic carbocycles. The molecule has 6 nitrogen and oxygen atoms in total. The highest BCUT2D eigenvalue weighted by atomic mass is 32.2. The molecule has 3 aromatic rings. The minimum Gasteiger partial charge on any atom is -0.348 e. The fourth-order valence-corrected chi connectivity index (χ4v) is 5.07. The largest absolute Gasteiger partial charge is 0.416 e. The Bertz CT molecular complexity index is 1390. The van der Waals surface area contributed by atoms with Crippen molar-refractivity contribution in [2.75, 3.05) is 17.2 Å². The van der Waals surface area contributed by atoms with E-state index in [0.29, 0.717) is 23.4 Å². The monoisotopic (exact) mass is 530 g/mol. The summed E-state index contributed by atoms with van der Waals surface area (Å²) in [4.78, 5) is 27.0. The highest BCUT2D eigenvalue weighted by Crippen LogP contribution is 2.34. The van der Waals surface area contributed by atoms with E-state index in [9.17, 15) is 31.2 Å². The number of sulfone groups is 1. The second-order valence-electron chi connectivity index (χ2n) is 8.80. The molecule has 37 heavy (non-hydrogen) atoms. The summed E-state index contributed by atoms with van der Waals surface area (Å²) in [6.07, 6.45) is -4.22. The van der Waals surface area contributed by atoms with Crippen molar-refractivity contribution in [3.05, 3.63) is 95.1 Å². The summed E-state index contributed by atoms with van der Waals surface area (Å²) >= 11 is 0. The first-order chi connectivity index (χ1) is 17.5. The minimum absolute atomic E-state index is 0.0117. The Labute approximate surface area is 213 Å². The Kier molecular flexibility index (Phi) is 7.40. The topological polar surface area (TPSA) is 83.6 Å². The molecule has 4 rings (SSSR count). The molecule has 1 atom stereocenters. The molecule has 1 aliphatic rings. The van der Waals surface area contributed by atoms with E-state index in [1.54, 1.807) is 48.2 Å². The first-order valence-corrected chi connectivity index (χ1v) is 13.3. The average molecular weight is 531 g/mol. The van der Waals surface area contributed by atoms with Crippen molar-refractivity contribution in [1.29, 1.82) is 0 Å². The van der Waals surface area contributed by atoms with Crippen molar-refractivity contribution >= 4 is 27.3 Å². The summed E-state index contributed by atoms with van der Waals surface area (Å²) in [5.74, 6) is -0.683. The van der Waals surface area contributed by atoms with Crippen LogP contribution in [0.2, 0.25) is 0 Å². The molecular weight excluding hydrogens is 505 g/mol. The van der Waals surface area contributed by atoms with E-state index in [-0.39, 0.29) is 41.3 Å². The van der Waals surface area contributed by atoms with Gasteiger partial charge >= 0.3 is 6.18 Å². The summed E-state index contributed by atoms with van der Waals surface area (Å²) in [7, 11) is -3.29. The zero-order chi connectivity index (χ0) is 26.8. The number of nitrogens with zero attached hydrogens (tertiary/aromatic N) is 1. The number of rotatable bonds is 7. The predicted octanol–water partition coefficient (Wildman–Crippen LogP) is 4.95. The normalized spacial score (nSPS) is 16.2. The Morgan fingerprint density at radius 3 is 2.16 bits per heavy atom. The molecule has 1 unspecified atom stereocenters. The predicted molar refractivity (Wildman–Crippen MR) is 133 cm³/mol. The zero-order valence-corrected chi connectivity index (χ0v) is 20.8. The zero-order valence-electron chi connectivity index (χ0n) is 20.0. The first kappa shape index (κ1) is 26.4. The average Bonchev–Trinajstić information content (AvgIpc) is 3.28. The second-order valence-corrected chi connectivity index (χ2v) is 11.1. The van der Waals surface area contributed by atoms with E-state index >= 15 is 0 Å². The fourth-order valence-electron chi connectivity index (χ4n) is 4.18. The number of anilines is 1. The number of halogens is 3. The smallest absolute Gasteiger partial charge is 0.348 e. The van der Waals surface area contributed by atoms with Crippen LogP contribution < -0.4 is 10.2 Å². The van der Waals surface area contributed by atoms with E-state index in [0.717, 1.165) is 17.7 Å². The van der Waals surface area contributed by atoms with Crippen LogP contribution in [0.1, 0.15) is 46.3 Å². The van der Waals surface area contributed by atoms with Gasteiger partial charge in [0.1, 0.15) is 0 Å². The number of hydrogen-bond acceptors (Lipinski definition) is 4. The number of carbonyl (C=O) groups excluding carboxylic acids is 2. The highest BCUT2D eigenvalue weighted by Gasteiger charge is 2.33. The second kappa shape index (κ2) is 10.4. The Morgan fingerprint density at radius 1 is 0.973 bits per heavy atom. The molecule has 1 aliphatic heterocycles. The third-order valence-corrected chi connectivity index (χ3v) is 8.14. The number of carbonyl (C=O) groups is 2. The molecule has 1 saturated heterocycles. The molecule has 194 valence electrons. The van der Waals surface area contributed by atoms with Crippen LogP contribution in [0, 0.1) is 0 Å². The molecule has 0 spiro atoms. The van der Waals surface area contributed by atoms with Crippen molar-refractivity contribution in [2.24, 2.45) is 0 Å². The molecule has 1 heterocycles. The third-order valence-electron chi connectivity index (χ3n) is 6.39. The van der Waals surface area contributed by atoms with Gasteiger partial charge in [0.2, 0.25) is 5.91 Å². The maximum atomic E-state index is 12.8. The lowest BCUT2D eigenvalue weighted by atomic mass is 9.97. The number of nitrogens with one attached hydrogen (secondary N) is 1. The van der Waals surface area contributed by atoms with Crippen molar-refractivity contribution in [2.45, 2.75) is 36.9 Å².